The van der Waals surface area contributed by atoms with Gasteiger partial charge in [0, 0.05) is 12.2 Å². The zero-order chi connectivity index (χ0) is 17.2. The number of carbonyl (C=O) groups is 1. The highest BCUT2D eigenvalue weighted by molar-refractivity contribution is 7.89. The van der Waals surface area contributed by atoms with E-state index in [-0.39, 0.29) is 10.8 Å². The average Bonchev–Trinajstić information content (AvgIpc) is 3.08. The first kappa shape index (κ1) is 16.7. The summed E-state index contributed by atoms with van der Waals surface area (Å²) >= 11 is 0. The Balaban J connectivity index is 1.80. The topological polar surface area (TPSA) is 66.5 Å². The van der Waals surface area contributed by atoms with E-state index in [4.69, 9.17) is 0 Å². The molecule has 1 unspecified atom stereocenters. The van der Waals surface area contributed by atoms with Crippen LogP contribution < -0.4 is 5.32 Å². The number of hydrogen-bond donors (Lipinski definition) is 1. The molecule has 2 aromatic rings. The predicted octanol–water partition coefficient (Wildman–Crippen LogP) is 2.79. The van der Waals surface area contributed by atoms with Gasteiger partial charge < -0.3 is 5.32 Å². The summed E-state index contributed by atoms with van der Waals surface area (Å²) in [6.45, 7) is 2.33. The Hall–Kier alpha value is -2.18. The molecule has 6 heteroatoms. The van der Waals surface area contributed by atoms with Crippen molar-refractivity contribution in [3.8, 4) is 0 Å². The van der Waals surface area contributed by atoms with Crippen molar-refractivity contribution in [2.75, 3.05) is 11.9 Å². The predicted molar refractivity (Wildman–Crippen MR) is 93.2 cm³/mol. The number of aryl methyl sites for hydroxylation is 1. The average molecular weight is 344 g/mol. The molecule has 1 atom stereocenters. The van der Waals surface area contributed by atoms with Crippen molar-refractivity contribution >= 4 is 21.6 Å². The Kier molecular flexibility index (Phi) is 4.69. The number of carbonyl (C=O) groups excluding carboxylic acids is 1. The maximum atomic E-state index is 12.8. The molecule has 0 aromatic heterocycles. The van der Waals surface area contributed by atoms with E-state index in [0.29, 0.717) is 25.1 Å². The molecule has 1 aliphatic rings. The van der Waals surface area contributed by atoms with Crippen LogP contribution in [0.5, 0.6) is 0 Å². The lowest BCUT2D eigenvalue weighted by Gasteiger charge is -2.23. The lowest BCUT2D eigenvalue weighted by atomic mass is 10.2. The van der Waals surface area contributed by atoms with Crippen LogP contribution in [0.4, 0.5) is 5.69 Å². The second kappa shape index (κ2) is 6.75. The second-order valence-corrected chi connectivity index (χ2v) is 7.83. The van der Waals surface area contributed by atoms with Crippen LogP contribution in [0.3, 0.4) is 0 Å². The van der Waals surface area contributed by atoms with Crippen LogP contribution in [-0.4, -0.2) is 31.2 Å². The first-order chi connectivity index (χ1) is 11.5. The van der Waals surface area contributed by atoms with E-state index in [9.17, 15) is 13.2 Å². The number of sulfonamides is 1. The molecule has 1 N–H and O–H groups in total. The highest BCUT2D eigenvalue weighted by atomic mass is 32.2. The monoisotopic (exact) mass is 344 g/mol. The number of nitrogens with one attached hydrogen (secondary N) is 1. The molecule has 0 bridgehead atoms. The van der Waals surface area contributed by atoms with Crippen molar-refractivity contribution in [3.63, 3.8) is 0 Å². The maximum absolute atomic E-state index is 12.8. The fourth-order valence-electron chi connectivity index (χ4n) is 2.88. The minimum Gasteiger partial charge on any atom is -0.325 e. The summed E-state index contributed by atoms with van der Waals surface area (Å²) in [6.07, 6.45) is 1.21. The van der Waals surface area contributed by atoms with Crippen molar-refractivity contribution in [1.29, 1.82) is 0 Å². The lowest BCUT2D eigenvalue weighted by Crippen LogP contribution is -2.43. The molecule has 24 heavy (non-hydrogen) atoms. The normalized spacial score (nSPS) is 18.5. The van der Waals surface area contributed by atoms with E-state index < -0.39 is 16.1 Å². The smallest absolute Gasteiger partial charge is 0.243 e. The largest absolute Gasteiger partial charge is 0.325 e. The fraction of sp³-hybridized carbons (Fsp3) is 0.278. The van der Waals surface area contributed by atoms with Gasteiger partial charge in [0.1, 0.15) is 6.04 Å². The van der Waals surface area contributed by atoms with Crippen LogP contribution in [0, 0.1) is 6.92 Å². The van der Waals surface area contributed by atoms with Gasteiger partial charge in [-0.15, -0.1) is 0 Å². The molecule has 5 nitrogen and oxygen atoms in total. The summed E-state index contributed by atoms with van der Waals surface area (Å²) in [7, 11) is -3.66. The van der Waals surface area contributed by atoms with Gasteiger partial charge in [-0.2, -0.15) is 4.31 Å². The second-order valence-electron chi connectivity index (χ2n) is 5.94. The Morgan fingerprint density at radius 1 is 1.08 bits per heavy atom. The highest BCUT2D eigenvalue weighted by Crippen LogP contribution is 2.27. The van der Waals surface area contributed by atoms with Crippen molar-refractivity contribution in [3.05, 3.63) is 60.2 Å². The summed E-state index contributed by atoms with van der Waals surface area (Å²) in [4.78, 5) is 12.8. The molecule has 126 valence electrons. The summed E-state index contributed by atoms with van der Waals surface area (Å²) in [5, 5.41) is 2.82. The SMILES string of the molecule is Cc1ccc(NC(=O)C2CCCN2S(=O)(=O)c2ccccc2)cc1. The lowest BCUT2D eigenvalue weighted by molar-refractivity contribution is -0.119. The molecular formula is C18H20N2O3S. The minimum atomic E-state index is -3.66. The van der Waals surface area contributed by atoms with Gasteiger partial charge in [0.25, 0.3) is 0 Å². The van der Waals surface area contributed by atoms with Gasteiger partial charge in [0.2, 0.25) is 15.9 Å². The van der Waals surface area contributed by atoms with Gasteiger partial charge in [-0.25, -0.2) is 8.42 Å². The van der Waals surface area contributed by atoms with Crippen molar-refractivity contribution in [2.45, 2.75) is 30.7 Å². The minimum absolute atomic E-state index is 0.222. The molecule has 1 amide bonds. The third-order valence-corrected chi connectivity index (χ3v) is 6.10. The number of nitrogens with zero attached hydrogens (tertiary/aromatic N) is 1. The van der Waals surface area contributed by atoms with Crippen LogP contribution in [0.1, 0.15) is 18.4 Å². The molecule has 0 aliphatic carbocycles. The van der Waals surface area contributed by atoms with Gasteiger partial charge in [-0.1, -0.05) is 35.9 Å². The molecule has 0 radical (unpaired) electrons. The maximum Gasteiger partial charge on any atom is 0.243 e. The number of benzene rings is 2. The van der Waals surface area contributed by atoms with E-state index in [2.05, 4.69) is 5.32 Å². The zero-order valence-electron chi connectivity index (χ0n) is 13.5. The first-order valence-electron chi connectivity index (χ1n) is 7.93. The highest BCUT2D eigenvalue weighted by Gasteiger charge is 2.39. The summed E-state index contributed by atoms with van der Waals surface area (Å²) in [6, 6.07) is 15.0. The summed E-state index contributed by atoms with van der Waals surface area (Å²) in [5.74, 6) is -0.282. The Morgan fingerprint density at radius 3 is 2.42 bits per heavy atom. The summed E-state index contributed by atoms with van der Waals surface area (Å²) < 4.78 is 26.9. The van der Waals surface area contributed by atoms with Gasteiger partial charge in [0.15, 0.2) is 0 Å². The molecule has 2 aromatic carbocycles. The van der Waals surface area contributed by atoms with Gasteiger partial charge in [-0.05, 0) is 44.0 Å². The number of anilines is 1. The van der Waals surface area contributed by atoms with E-state index in [1.807, 2.05) is 31.2 Å². The van der Waals surface area contributed by atoms with Crippen LogP contribution in [-0.2, 0) is 14.8 Å². The third-order valence-electron chi connectivity index (χ3n) is 4.18. The van der Waals surface area contributed by atoms with Crippen LogP contribution >= 0.6 is 0 Å². The third kappa shape index (κ3) is 3.34. The molecule has 1 heterocycles. The van der Waals surface area contributed by atoms with Gasteiger partial charge in [-0.3, -0.25) is 4.79 Å². The van der Waals surface area contributed by atoms with Gasteiger partial charge in [0.05, 0.1) is 4.90 Å². The van der Waals surface area contributed by atoms with E-state index in [1.54, 1.807) is 30.3 Å². The quantitative estimate of drug-likeness (QED) is 0.927. The van der Waals surface area contributed by atoms with Gasteiger partial charge >= 0.3 is 0 Å². The fourth-order valence-corrected chi connectivity index (χ4v) is 4.56. The summed E-state index contributed by atoms with van der Waals surface area (Å²) in [5.41, 5.74) is 1.77. The van der Waals surface area contributed by atoms with E-state index in [1.165, 1.54) is 4.31 Å². The van der Waals surface area contributed by atoms with Crippen LogP contribution in [0.2, 0.25) is 0 Å². The molecule has 1 saturated heterocycles. The zero-order valence-corrected chi connectivity index (χ0v) is 14.3. The van der Waals surface area contributed by atoms with E-state index in [0.717, 1.165) is 5.56 Å². The Labute approximate surface area is 142 Å². The van der Waals surface area contributed by atoms with Crippen LogP contribution in [0.15, 0.2) is 59.5 Å². The molecular weight excluding hydrogens is 324 g/mol. The standard InChI is InChI=1S/C18H20N2O3S/c1-14-9-11-15(12-10-14)19-18(21)17-8-5-13-20(17)24(22,23)16-6-3-2-4-7-16/h2-4,6-7,9-12,17H,5,8,13H2,1H3,(H,19,21). The van der Waals surface area contributed by atoms with Crippen LogP contribution in [0.25, 0.3) is 0 Å². The molecule has 1 aliphatic heterocycles. The number of hydrogen-bond acceptors (Lipinski definition) is 3. The van der Waals surface area contributed by atoms with E-state index >= 15 is 0 Å². The molecule has 3 rings (SSSR count). The Bertz CT molecular complexity index is 817. The number of amides is 1. The Morgan fingerprint density at radius 2 is 1.75 bits per heavy atom. The first-order valence-corrected chi connectivity index (χ1v) is 9.37. The van der Waals surface area contributed by atoms with Crippen molar-refractivity contribution in [2.24, 2.45) is 0 Å². The number of rotatable bonds is 4. The van der Waals surface area contributed by atoms with Crippen molar-refractivity contribution in [1.82, 2.24) is 4.31 Å². The molecule has 1 fully saturated rings. The van der Waals surface area contributed by atoms with Crippen molar-refractivity contribution < 1.29 is 13.2 Å². The molecule has 0 saturated carbocycles. The molecule has 0 spiro atoms.